The number of methoxy groups -OCH3 is 1. The molecule has 0 aromatic heterocycles. The number of ether oxygens (including phenoxy) is 1. The Bertz CT molecular complexity index is 443. The van der Waals surface area contributed by atoms with E-state index >= 15 is 0 Å². The lowest BCUT2D eigenvalue weighted by Gasteiger charge is -2.10. The first-order chi connectivity index (χ1) is 8.02. The molecule has 0 aliphatic carbocycles. The highest BCUT2D eigenvalue weighted by Gasteiger charge is 2.02. The van der Waals surface area contributed by atoms with Gasteiger partial charge in [0.25, 0.3) is 0 Å². The minimum absolute atomic E-state index is 0.470. The van der Waals surface area contributed by atoms with Crippen molar-refractivity contribution in [2.24, 2.45) is 0 Å². The normalized spacial score (nSPS) is 11.1. The predicted molar refractivity (Wildman–Crippen MR) is 70.6 cm³/mol. The van der Waals surface area contributed by atoms with E-state index in [-0.39, 0.29) is 0 Å². The highest BCUT2D eigenvalue weighted by molar-refractivity contribution is 9.10. The van der Waals surface area contributed by atoms with Gasteiger partial charge in [-0.2, -0.15) is 0 Å². The predicted octanol–water partition coefficient (Wildman–Crippen LogP) is 2.90. The third kappa shape index (κ3) is 4.48. The first kappa shape index (κ1) is 13.6. The van der Waals surface area contributed by atoms with E-state index in [4.69, 9.17) is 9.84 Å². The number of carboxylic acids is 1. The van der Waals surface area contributed by atoms with E-state index in [0.29, 0.717) is 6.54 Å². The number of rotatable bonds is 5. The van der Waals surface area contributed by atoms with Crippen LogP contribution in [0.5, 0.6) is 5.75 Å². The van der Waals surface area contributed by atoms with Gasteiger partial charge in [-0.1, -0.05) is 0 Å². The van der Waals surface area contributed by atoms with E-state index in [9.17, 15) is 4.79 Å². The Labute approximate surface area is 108 Å². The summed E-state index contributed by atoms with van der Waals surface area (Å²) in [5.74, 6) is -0.190. The fourth-order valence-electron chi connectivity index (χ4n) is 1.26. The molecule has 0 aliphatic rings. The van der Waals surface area contributed by atoms with E-state index in [0.717, 1.165) is 21.5 Å². The zero-order valence-electron chi connectivity index (χ0n) is 9.66. The van der Waals surface area contributed by atoms with Gasteiger partial charge in [0.2, 0.25) is 0 Å². The van der Waals surface area contributed by atoms with Crippen LogP contribution in [0.4, 0.5) is 5.69 Å². The van der Waals surface area contributed by atoms with E-state index < -0.39 is 5.97 Å². The van der Waals surface area contributed by atoms with Gasteiger partial charge in [-0.25, -0.2) is 4.79 Å². The van der Waals surface area contributed by atoms with Gasteiger partial charge < -0.3 is 15.2 Å². The summed E-state index contributed by atoms with van der Waals surface area (Å²) in [4.78, 5) is 10.5. The van der Waals surface area contributed by atoms with Crippen molar-refractivity contribution in [3.8, 4) is 5.75 Å². The molecule has 92 valence electrons. The number of aliphatic carboxylic acids is 1. The summed E-state index contributed by atoms with van der Waals surface area (Å²) in [5.41, 5.74) is 1.61. The fourth-order valence-corrected chi connectivity index (χ4v) is 1.65. The van der Waals surface area contributed by atoms with Crippen molar-refractivity contribution in [2.75, 3.05) is 19.0 Å². The molecule has 17 heavy (non-hydrogen) atoms. The molecule has 2 N–H and O–H groups in total. The second kappa shape index (κ2) is 6.30. The number of carbonyl (C=O) groups is 1. The average Bonchev–Trinajstić information content (AvgIpc) is 2.27. The van der Waals surface area contributed by atoms with Gasteiger partial charge >= 0.3 is 5.97 Å². The number of benzene rings is 1. The maximum Gasteiger partial charge on any atom is 0.328 e. The van der Waals surface area contributed by atoms with Crippen LogP contribution in [0.1, 0.15) is 6.92 Å². The third-order valence-electron chi connectivity index (χ3n) is 2.10. The topological polar surface area (TPSA) is 58.6 Å². The molecule has 0 amide bonds. The van der Waals surface area contributed by atoms with Crippen molar-refractivity contribution in [2.45, 2.75) is 6.92 Å². The number of hydrogen-bond acceptors (Lipinski definition) is 3. The largest absolute Gasteiger partial charge is 0.497 e. The highest BCUT2D eigenvalue weighted by atomic mass is 79.9. The van der Waals surface area contributed by atoms with Crippen LogP contribution >= 0.6 is 15.9 Å². The molecule has 0 fully saturated rings. The van der Waals surface area contributed by atoms with Crippen molar-refractivity contribution in [1.29, 1.82) is 0 Å². The lowest BCUT2D eigenvalue weighted by Crippen LogP contribution is -2.05. The molecule has 0 saturated carbocycles. The van der Waals surface area contributed by atoms with Crippen LogP contribution in [0.3, 0.4) is 0 Å². The maximum atomic E-state index is 10.5. The van der Waals surface area contributed by atoms with Crippen molar-refractivity contribution >= 4 is 27.6 Å². The number of anilines is 1. The summed E-state index contributed by atoms with van der Waals surface area (Å²) in [5, 5.41) is 11.7. The van der Waals surface area contributed by atoms with Gasteiger partial charge in [-0.05, 0) is 40.6 Å². The van der Waals surface area contributed by atoms with E-state index in [2.05, 4.69) is 21.2 Å². The summed E-state index contributed by atoms with van der Waals surface area (Å²) in [7, 11) is 1.60. The zero-order chi connectivity index (χ0) is 12.8. The molecule has 0 bridgehead atoms. The molecule has 5 heteroatoms. The summed E-state index contributed by atoms with van der Waals surface area (Å²) >= 11 is 3.41. The molecule has 0 spiro atoms. The number of carboxylic acid groups (broad SMARTS) is 1. The molecule has 0 unspecified atom stereocenters. The van der Waals surface area contributed by atoms with Crippen LogP contribution in [0, 0.1) is 0 Å². The Balaban J connectivity index is 2.72. The Morgan fingerprint density at radius 3 is 2.88 bits per heavy atom. The quantitative estimate of drug-likeness (QED) is 0.821. The van der Waals surface area contributed by atoms with Crippen molar-refractivity contribution in [3.63, 3.8) is 0 Å². The van der Waals surface area contributed by atoms with Gasteiger partial charge in [0.15, 0.2) is 0 Å². The molecule has 0 atom stereocenters. The SMILES string of the molecule is COc1ccc(Br)c(NC/C(C)=C/C(=O)O)c1. The highest BCUT2D eigenvalue weighted by Crippen LogP contribution is 2.27. The number of hydrogen-bond donors (Lipinski definition) is 2. The van der Waals surface area contributed by atoms with Gasteiger partial charge in [0.1, 0.15) is 5.75 Å². The van der Waals surface area contributed by atoms with Crippen LogP contribution in [0.25, 0.3) is 0 Å². The second-order valence-corrected chi connectivity index (χ2v) is 4.38. The molecule has 4 nitrogen and oxygen atoms in total. The van der Waals surface area contributed by atoms with Crippen LogP contribution in [-0.2, 0) is 4.79 Å². The number of nitrogens with one attached hydrogen (secondary N) is 1. The van der Waals surface area contributed by atoms with E-state index in [1.165, 1.54) is 6.08 Å². The third-order valence-corrected chi connectivity index (χ3v) is 2.79. The molecule has 1 rings (SSSR count). The molecular formula is C12H14BrNO3. The van der Waals surface area contributed by atoms with Crippen LogP contribution < -0.4 is 10.1 Å². The van der Waals surface area contributed by atoms with Crippen LogP contribution in [-0.4, -0.2) is 24.7 Å². The lowest BCUT2D eigenvalue weighted by molar-refractivity contribution is -0.131. The Morgan fingerprint density at radius 1 is 1.59 bits per heavy atom. The average molecular weight is 300 g/mol. The number of halogens is 1. The monoisotopic (exact) mass is 299 g/mol. The fraction of sp³-hybridized carbons (Fsp3) is 0.250. The lowest BCUT2D eigenvalue weighted by atomic mass is 10.2. The molecule has 1 aromatic rings. The second-order valence-electron chi connectivity index (χ2n) is 3.53. The van der Waals surface area contributed by atoms with Gasteiger partial charge in [0, 0.05) is 23.2 Å². The maximum absolute atomic E-state index is 10.5. The van der Waals surface area contributed by atoms with Crippen molar-refractivity contribution in [3.05, 3.63) is 34.3 Å². The Morgan fingerprint density at radius 2 is 2.29 bits per heavy atom. The minimum Gasteiger partial charge on any atom is -0.497 e. The van der Waals surface area contributed by atoms with Crippen molar-refractivity contribution < 1.29 is 14.6 Å². The van der Waals surface area contributed by atoms with Crippen LogP contribution in [0.2, 0.25) is 0 Å². The molecule has 0 radical (unpaired) electrons. The molecule has 0 heterocycles. The smallest absolute Gasteiger partial charge is 0.328 e. The Kier molecular flexibility index (Phi) is 5.03. The van der Waals surface area contributed by atoms with E-state index in [1.54, 1.807) is 14.0 Å². The first-order valence-electron chi connectivity index (χ1n) is 5.00. The van der Waals surface area contributed by atoms with Gasteiger partial charge in [0.05, 0.1) is 12.8 Å². The Hall–Kier alpha value is -1.49. The summed E-state index contributed by atoms with van der Waals surface area (Å²) in [6, 6.07) is 5.56. The summed E-state index contributed by atoms with van der Waals surface area (Å²) < 4.78 is 6.02. The molecule has 0 aliphatic heterocycles. The standard InChI is InChI=1S/C12H14BrNO3/c1-8(5-12(15)16)7-14-11-6-9(17-2)3-4-10(11)13/h3-6,14H,7H2,1-2H3,(H,15,16)/b8-5+. The molecular weight excluding hydrogens is 286 g/mol. The summed E-state index contributed by atoms with van der Waals surface area (Å²) in [6.07, 6.45) is 1.18. The molecule has 0 saturated heterocycles. The zero-order valence-corrected chi connectivity index (χ0v) is 11.2. The first-order valence-corrected chi connectivity index (χ1v) is 5.79. The van der Waals surface area contributed by atoms with Gasteiger partial charge in [-0.15, -0.1) is 0 Å². The van der Waals surface area contributed by atoms with Gasteiger partial charge in [-0.3, -0.25) is 0 Å². The van der Waals surface area contributed by atoms with E-state index in [1.807, 2.05) is 18.2 Å². The van der Waals surface area contributed by atoms with Crippen LogP contribution in [0.15, 0.2) is 34.3 Å². The minimum atomic E-state index is -0.936. The van der Waals surface area contributed by atoms with Crippen molar-refractivity contribution in [1.82, 2.24) is 0 Å². The summed E-state index contributed by atoms with van der Waals surface area (Å²) in [6.45, 7) is 2.23. The molecule has 1 aromatic carbocycles.